The molecule has 2 nitrogen and oxygen atoms in total. The first-order valence-electron chi connectivity index (χ1n) is 11.8. The van der Waals surface area contributed by atoms with E-state index in [-0.39, 0.29) is 0 Å². The molecule has 0 heterocycles. The van der Waals surface area contributed by atoms with Gasteiger partial charge in [-0.1, -0.05) is 94.3 Å². The fourth-order valence-corrected chi connectivity index (χ4v) is 4.60. The van der Waals surface area contributed by atoms with Crippen molar-refractivity contribution in [2.45, 2.75) is 0 Å². The van der Waals surface area contributed by atoms with Gasteiger partial charge in [-0.25, -0.2) is 0 Å². The van der Waals surface area contributed by atoms with Crippen LogP contribution in [0.3, 0.4) is 0 Å². The predicted molar refractivity (Wildman–Crippen MR) is 177 cm³/mol. The molecule has 200 valence electrons. The standard InChI is InChI=1S/2C16H14N.2HI.2Pd/c2*1-17(2)16-11-12-7-3-4-8-13(12)14-9-5-6-10-15(14)16;;;;/h2*3-10H,1-2H3;2*1H;;/q2*-1;;;2*+2/p-2. The van der Waals surface area contributed by atoms with Crippen LogP contribution in [0.15, 0.2) is 97.1 Å². The van der Waals surface area contributed by atoms with E-state index in [4.69, 9.17) is 0 Å². The Morgan fingerprint density at radius 3 is 1.00 bits per heavy atom. The Kier molecular flexibility index (Phi) is 12.8. The second-order valence-corrected chi connectivity index (χ2v) is 8.92. The molecule has 0 saturated carbocycles. The first kappa shape index (κ1) is 31.3. The van der Waals surface area contributed by atoms with Gasteiger partial charge in [0.2, 0.25) is 0 Å². The molecule has 0 aliphatic rings. The van der Waals surface area contributed by atoms with Crippen molar-refractivity contribution in [2.75, 3.05) is 38.0 Å². The topological polar surface area (TPSA) is 6.48 Å². The van der Waals surface area contributed by atoms with E-state index in [9.17, 15) is 0 Å². The molecule has 6 heteroatoms. The summed E-state index contributed by atoms with van der Waals surface area (Å²) in [5, 5.41) is 10.0. The predicted octanol–water partition coefficient (Wildman–Crippen LogP) is 9.48. The Labute approximate surface area is 268 Å². The van der Waals surface area contributed by atoms with Gasteiger partial charge < -0.3 is 9.80 Å². The molecule has 0 aliphatic heterocycles. The van der Waals surface area contributed by atoms with E-state index in [1.807, 2.05) is 39.0 Å². The summed E-state index contributed by atoms with van der Waals surface area (Å²) in [6.45, 7) is 0. The second kappa shape index (κ2) is 15.5. The van der Waals surface area contributed by atoms with Crippen LogP contribution in [0, 0.1) is 12.1 Å². The molecule has 0 saturated heterocycles. The summed E-state index contributed by atoms with van der Waals surface area (Å²) in [7, 11) is 8.25. The first-order valence-corrected chi connectivity index (χ1v) is 21.0. The molecule has 0 aromatic heterocycles. The molecule has 6 aromatic carbocycles. The van der Waals surface area contributed by atoms with E-state index in [0.717, 1.165) is 11.4 Å². The molecule has 0 bridgehead atoms. The number of anilines is 2. The number of halogens is 2. The van der Waals surface area contributed by atoms with E-state index >= 15 is 0 Å². The molecule has 0 amide bonds. The van der Waals surface area contributed by atoms with E-state index in [1.165, 1.54) is 43.1 Å². The molecule has 6 aromatic rings. The summed E-state index contributed by atoms with van der Waals surface area (Å²) in [6.07, 6.45) is 0. The molecule has 0 radical (unpaired) electrons. The van der Waals surface area contributed by atoms with Crippen LogP contribution in [-0.4, -0.2) is 28.2 Å². The SMILES string of the molecule is CN(C)c1[c-]c2ccccc2c2ccccc12.CN(C)c1[c-]c2ccccc2c2ccccc12.[Pd+][I].[Pd+][I]. The van der Waals surface area contributed by atoms with Crippen LogP contribution in [-0.2, 0) is 31.2 Å². The summed E-state index contributed by atoms with van der Waals surface area (Å²) in [4.78, 5) is 4.24. The van der Waals surface area contributed by atoms with Crippen LogP contribution in [0.2, 0.25) is 0 Å². The average Bonchev–Trinajstić information content (AvgIpc) is 2.98. The third-order valence-corrected chi connectivity index (χ3v) is 6.20. The van der Waals surface area contributed by atoms with Gasteiger partial charge in [-0.2, -0.15) is 0 Å². The zero-order valence-electron chi connectivity index (χ0n) is 21.5. The minimum atomic E-state index is 1.15. The summed E-state index contributed by atoms with van der Waals surface area (Å²) in [5.41, 5.74) is 2.30. The Balaban J connectivity index is 0.000000187. The van der Waals surface area contributed by atoms with Crippen molar-refractivity contribution in [3.05, 3.63) is 109 Å². The van der Waals surface area contributed by atoms with Crippen molar-refractivity contribution >= 4 is 93.5 Å². The summed E-state index contributed by atoms with van der Waals surface area (Å²) >= 11 is 9.44. The number of rotatable bonds is 2. The molecule has 38 heavy (non-hydrogen) atoms. The van der Waals surface area contributed by atoms with E-state index < -0.39 is 0 Å². The van der Waals surface area contributed by atoms with Gasteiger partial charge in [-0.3, -0.25) is 0 Å². The number of nitrogens with zero attached hydrogens (tertiary/aromatic N) is 2. The quantitative estimate of drug-likeness (QED) is 0.0740. The third kappa shape index (κ3) is 7.08. The van der Waals surface area contributed by atoms with Crippen LogP contribution in [0.25, 0.3) is 43.1 Å². The number of hydrogen-bond acceptors (Lipinski definition) is 2. The van der Waals surface area contributed by atoms with Crippen molar-refractivity contribution in [2.24, 2.45) is 0 Å². The van der Waals surface area contributed by atoms with Crippen LogP contribution in [0.1, 0.15) is 0 Å². The third-order valence-electron chi connectivity index (χ3n) is 6.20. The molecular weight excluding hydrogens is 879 g/mol. The normalized spacial score (nSPS) is 10.2. The van der Waals surface area contributed by atoms with E-state index in [1.54, 1.807) is 0 Å². The minimum absolute atomic E-state index is 1.15. The van der Waals surface area contributed by atoms with Crippen molar-refractivity contribution in [3.63, 3.8) is 0 Å². The van der Waals surface area contributed by atoms with Crippen molar-refractivity contribution in [3.8, 4) is 0 Å². The number of fused-ring (bicyclic) bond motifs is 6. The molecule has 0 fully saturated rings. The van der Waals surface area contributed by atoms with Crippen LogP contribution in [0.5, 0.6) is 0 Å². The van der Waals surface area contributed by atoms with Gasteiger partial charge >= 0.3 is 70.2 Å². The first-order chi connectivity index (χ1) is 18.5. The molecule has 6 rings (SSSR count). The average molecular weight is 907 g/mol. The van der Waals surface area contributed by atoms with Gasteiger partial charge in [-0.05, 0) is 11.4 Å². The van der Waals surface area contributed by atoms with E-state index in [2.05, 4.69) is 178 Å². The van der Waals surface area contributed by atoms with Gasteiger partial charge in [0.15, 0.2) is 0 Å². The van der Waals surface area contributed by atoms with Crippen molar-refractivity contribution < 1.29 is 31.2 Å². The Morgan fingerprint density at radius 2 is 0.684 bits per heavy atom. The van der Waals surface area contributed by atoms with Gasteiger partial charge in [0.1, 0.15) is 0 Å². The second-order valence-electron chi connectivity index (χ2n) is 8.92. The van der Waals surface area contributed by atoms with Crippen molar-refractivity contribution in [1.82, 2.24) is 0 Å². The fourth-order valence-electron chi connectivity index (χ4n) is 4.60. The molecule has 0 spiro atoms. The summed E-state index contributed by atoms with van der Waals surface area (Å²) in [6, 6.07) is 40.9. The number of hydrogen-bond donors (Lipinski definition) is 0. The molecule has 0 N–H and O–H groups in total. The van der Waals surface area contributed by atoms with Gasteiger partial charge in [0, 0.05) is 28.2 Å². The Hall–Kier alpha value is -1.26. The van der Waals surface area contributed by atoms with Crippen LogP contribution < -0.4 is 9.80 Å². The van der Waals surface area contributed by atoms with Crippen LogP contribution in [0.4, 0.5) is 11.4 Å². The molecule has 0 aliphatic carbocycles. The zero-order valence-corrected chi connectivity index (χ0v) is 28.9. The Morgan fingerprint density at radius 1 is 0.421 bits per heavy atom. The zero-order chi connectivity index (χ0) is 27.7. The monoisotopic (exact) mass is 906 g/mol. The summed E-state index contributed by atoms with van der Waals surface area (Å²) < 4.78 is 0. The Bertz CT molecular complexity index is 1510. The molecular formula is C32H28I2N2Pd2. The maximum absolute atomic E-state index is 3.50. The maximum atomic E-state index is 3.50. The van der Waals surface area contributed by atoms with E-state index in [0.29, 0.717) is 0 Å². The van der Waals surface area contributed by atoms with Gasteiger partial charge in [-0.15, -0.1) is 57.9 Å². The summed E-state index contributed by atoms with van der Waals surface area (Å²) in [5.74, 6) is 0. The van der Waals surface area contributed by atoms with Crippen LogP contribution >= 0.6 is 39.0 Å². The van der Waals surface area contributed by atoms with Gasteiger partial charge in [0.25, 0.3) is 0 Å². The van der Waals surface area contributed by atoms with Crippen molar-refractivity contribution in [1.29, 1.82) is 0 Å². The van der Waals surface area contributed by atoms with Gasteiger partial charge in [0.05, 0.1) is 0 Å². The molecule has 0 atom stereocenters. The molecule has 0 unspecified atom stereocenters. The fraction of sp³-hybridized carbons (Fsp3) is 0.125. The number of benzene rings is 6.